The van der Waals surface area contributed by atoms with E-state index in [0.717, 1.165) is 6.07 Å². The van der Waals surface area contributed by atoms with Crippen molar-refractivity contribution in [2.75, 3.05) is 6.54 Å². The molecule has 2 unspecified atom stereocenters. The normalized spacial score (nSPS) is 17.1. The summed E-state index contributed by atoms with van der Waals surface area (Å²) in [5, 5.41) is 1.67. The van der Waals surface area contributed by atoms with E-state index in [9.17, 15) is 23.2 Å². The number of aromatic nitrogens is 1. The van der Waals surface area contributed by atoms with Crippen LogP contribution in [0.5, 0.6) is 0 Å². The SMILES string of the molecule is CC(C)CN(C(=O)NC1=CC(Cl)C(=O)C=C1)C(C)c1c[nH]c(=O)c2c(F)cc(F)cc12. The van der Waals surface area contributed by atoms with Crippen molar-refractivity contribution in [2.45, 2.75) is 32.2 Å². The molecule has 1 aromatic carbocycles. The molecular formula is C22H22ClF2N3O3. The van der Waals surface area contributed by atoms with Crippen molar-refractivity contribution >= 4 is 34.2 Å². The number of fused-ring (bicyclic) bond motifs is 1. The molecule has 31 heavy (non-hydrogen) atoms. The molecule has 6 nitrogen and oxygen atoms in total. The van der Waals surface area contributed by atoms with Crippen LogP contribution in [0.2, 0.25) is 0 Å². The maximum absolute atomic E-state index is 14.3. The fraction of sp³-hybridized carbons (Fsp3) is 0.318. The minimum atomic E-state index is -0.972. The molecule has 1 aliphatic rings. The molecule has 2 aromatic rings. The summed E-state index contributed by atoms with van der Waals surface area (Å²) in [6.45, 7) is 5.87. The number of H-pyrrole nitrogens is 1. The Morgan fingerprint density at radius 3 is 2.58 bits per heavy atom. The average Bonchev–Trinajstić information content (AvgIpc) is 2.68. The Hall–Kier alpha value is -3.00. The Balaban J connectivity index is 2.00. The van der Waals surface area contributed by atoms with E-state index in [0.29, 0.717) is 23.9 Å². The van der Waals surface area contributed by atoms with Crippen LogP contribution in [0.3, 0.4) is 0 Å². The number of carbonyl (C=O) groups excluding carboxylic acids is 2. The molecule has 2 N–H and O–H groups in total. The lowest BCUT2D eigenvalue weighted by Crippen LogP contribution is -2.43. The fourth-order valence-corrected chi connectivity index (χ4v) is 3.70. The lowest BCUT2D eigenvalue weighted by Gasteiger charge is -2.32. The summed E-state index contributed by atoms with van der Waals surface area (Å²) in [5.74, 6) is -2.00. The van der Waals surface area contributed by atoms with Crippen LogP contribution >= 0.6 is 11.6 Å². The van der Waals surface area contributed by atoms with E-state index in [-0.39, 0.29) is 22.5 Å². The predicted molar refractivity (Wildman–Crippen MR) is 115 cm³/mol. The monoisotopic (exact) mass is 449 g/mol. The summed E-state index contributed by atoms with van der Waals surface area (Å²) < 4.78 is 28.2. The van der Waals surface area contributed by atoms with Gasteiger partial charge in [-0.1, -0.05) is 13.8 Å². The van der Waals surface area contributed by atoms with Gasteiger partial charge in [-0.15, -0.1) is 11.6 Å². The second-order valence-electron chi connectivity index (χ2n) is 7.80. The van der Waals surface area contributed by atoms with Gasteiger partial charge in [-0.2, -0.15) is 0 Å². The highest BCUT2D eigenvalue weighted by Gasteiger charge is 2.26. The maximum atomic E-state index is 14.3. The van der Waals surface area contributed by atoms with Gasteiger partial charge < -0.3 is 15.2 Å². The van der Waals surface area contributed by atoms with E-state index < -0.39 is 34.6 Å². The number of ketones is 1. The van der Waals surface area contributed by atoms with Gasteiger partial charge >= 0.3 is 6.03 Å². The third kappa shape index (κ3) is 4.85. The number of urea groups is 1. The number of aromatic amines is 1. The first kappa shape index (κ1) is 22.7. The number of halogens is 3. The van der Waals surface area contributed by atoms with Crippen molar-refractivity contribution < 1.29 is 18.4 Å². The van der Waals surface area contributed by atoms with Crippen molar-refractivity contribution in [1.29, 1.82) is 0 Å². The zero-order valence-electron chi connectivity index (χ0n) is 17.2. The first-order valence-electron chi connectivity index (χ1n) is 9.74. The second kappa shape index (κ2) is 9.01. The number of nitrogens with one attached hydrogen (secondary N) is 2. The minimum absolute atomic E-state index is 0.0777. The summed E-state index contributed by atoms with van der Waals surface area (Å²) in [6.07, 6.45) is 5.53. The molecule has 0 saturated heterocycles. The van der Waals surface area contributed by atoms with Gasteiger partial charge in [0, 0.05) is 24.5 Å². The van der Waals surface area contributed by atoms with Crippen molar-refractivity contribution in [3.8, 4) is 0 Å². The van der Waals surface area contributed by atoms with Crippen LogP contribution in [0.1, 0.15) is 32.4 Å². The fourth-order valence-electron chi connectivity index (χ4n) is 3.49. The number of amides is 2. The molecular weight excluding hydrogens is 428 g/mol. The summed E-state index contributed by atoms with van der Waals surface area (Å²) in [7, 11) is 0. The quantitative estimate of drug-likeness (QED) is 0.672. The number of alkyl halides is 1. The van der Waals surface area contributed by atoms with Crippen molar-refractivity contribution in [2.24, 2.45) is 5.92 Å². The summed E-state index contributed by atoms with van der Waals surface area (Å²) in [4.78, 5) is 40.7. The lowest BCUT2D eigenvalue weighted by atomic mass is 10.00. The molecule has 164 valence electrons. The van der Waals surface area contributed by atoms with Crippen LogP contribution in [0.4, 0.5) is 13.6 Å². The van der Waals surface area contributed by atoms with E-state index in [4.69, 9.17) is 11.6 Å². The van der Waals surface area contributed by atoms with Crippen molar-refractivity contribution in [3.63, 3.8) is 0 Å². The molecule has 1 heterocycles. The molecule has 9 heteroatoms. The third-order valence-corrected chi connectivity index (χ3v) is 5.31. The Kier molecular flexibility index (Phi) is 6.59. The number of allylic oxidation sites excluding steroid dienone is 3. The summed E-state index contributed by atoms with van der Waals surface area (Å²) in [5.41, 5.74) is 0.0787. The Labute approximate surface area is 182 Å². The minimum Gasteiger partial charge on any atom is -0.328 e. The number of benzene rings is 1. The van der Waals surface area contributed by atoms with Crippen LogP contribution in [-0.2, 0) is 4.79 Å². The van der Waals surface area contributed by atoms with Crippen LogP contribution in [0.15, 0.2) is 47.0 Å². The smallest absolute Gasteiger partial charge is 0.322 e. The van der Waals surface area contributed by atoms with Crippen LogP contribution in [0.25, 0.3) is 10.8 Å². The van der Waals surface area contributed by atoms with E-state index in [1.54, 1.807) is 6.92 Å². The van der Waals surface area contributed by atoms with Crippen LogP contribution in [-0.4, -0.2) is 33.6 Å². The van der Waals surface area contributed by atoms with E-state index in [2.05, 4.69) is 10.3 Å². The van der Waals surface area contributed by atoms with E-state index in [1.807, 2.05) is 13.8 Å². The van der Waals surface area contributed by atoms with Gasteiger partial charge in [0.25, 0.3) is 5.56 Å². The predicted octanol–water partition coefficient (Wildman–Crippen LogP) is 4.17. The molecule has 0 spiro atoms. The average molecular weight is 450 g/mol. The Bertz CT molecular complexity index is 1160. The molecule has 1 aliphatic carbocycles. The number of rotatable bonds is 5. The van der Waals surface area contributed by atoms with Gasteiger partial charge in [-0.05, 0) is 48.1 Å². The number of pyridine rings is 1. The van der Waals surface area contributed by atoms with E-state index in [1.165, 1.54) is 29.3 Å². The largest absolute Gasteiger partial charge is 0.328 e. The highest BCUT2D eigenvalue weighted by atomic mass is 35.5. The van der Waals surface area contributed by atoms with Gasteiger partial charge in [0.15, 0.2) is 5.78 Å². The molecule has 2 amide bonds. The third-order valence-electron chi connectivity index (χ3n) is 4.97. The highest BCUT2D eigenvalue weighted by molar-refractivity contribution is 6.34. The van der Waals surface area contributed by atoms with Crippen LogP contribution in [0, 0.1) is 17.6 Å². The molecule has 2 atom stereocenters. The Morgan fingerprint density at radius 2 is 1.94 bits per heavy atom. The van der Waals surface area contributed by atoms with E-state index >= 15 is 0 Å². The number of carbonyl (C=O) groups is 2. The molecule has 0 saturated carbocycles. The molecule has 0 bridgehead atoms. The van der Waals surface area contributed by atoms with Crippen molar-refractivity contribution in [1.82, 2.24) is 15.2 Å². The molecule has 1 aromatic heterocycles. The van der Waals surface area contributed by atoms with Gasteiger partial charge in [0.2, 0.25) is 0 Å². The van der Waals surface area contributed by atoms with Gasteiger partial charge in [-0.25, -0.2) is 13.6 Å². The lowest BCUT2D eigenvalue weighted by molar-refractivity contribution is -0.113. The number of hydrogen-bond acceptors (Lipinski definition) is 3. The zero-order valence-corrected chi connectivity index (χ0v) is 18.0. The Morgan fingerprint density at radius 1 is 1.23 bits per heavy atom. The number of nitrogens with zero attached hydrogens (tertiary/aromatic N) is 1. The second-order valence-corrected chi connectivity index (χ2v) is 8.27. The molecule has 3 rings (SSSR count). The summed E-state index contributed by atoms with van der Waals surface area (Å²) >= 11 is 5.93. The summed E-state index contributed by atoms with van der Waals surface area (Å²) in [6, 6.07) is 0.619. The van der Waals surface area contributed by atoms with Gasteiger partial charge in [0.1, 0.15) is 17.0 Å². The molecule has 0 radical (unpaired) electrons. The first-order chi connectivity index (χ1) is 14.6. The van der Waals surface area contributed by atoms with Gasteiger partial charge in [-0.3, -0.25) is 9.59 Å². The maximum Gasteiger partial charge on any atom is 0.322 e. The first-order valence-corrected chi connectivity index (χ1v) is 10.2. The number of hydrogen-bond donors (Lipinski definition) is 2. The molecule has 0 aliphatic heterocycles. The topological polar surface area (TPSA) is 82.3 Å². The van der Waals surface area contributed by atoms with Gasteiger partial charge in [0.05, 0.1) is 11.4 Å². The molecule has 0 fully saturated rings. The zero-order chi connectivity index (χ0) is 22.9. The van der Waals surface area contributed by atoms with Crippen molar-refractivity contribution in [3.05, 3.63) is 69.8 Å². The standard InChI is InChI=1S/C22H22ClF2N3O3/c1-11(2)10-28(22(31)27-14-4-5-19(29)17(23)8-14)12(3)16-9-26-21(30)20-15(16)6-13(24)7-18(20)25/h4-9,11-12,17H,10H2,1-3H3,(H,26,30)(H,27,31). The highest BCUT2D eigenvalue weighted by Crippen LogP contribution is 2.29. The van der Waals surface area contributed by atoms with Crippen LogP contribution < -0.4 is 10.9 Å².